The Morgan fingerprint density at radius 2 is 2.08 bits per heavy atom. The minimum atomic E-state index is 0.939. The molecule has 0 saturated carbocycles. The maximum atomic E-state index is 4.29. The molecular formula is C10H10N2. The smallest absolute Gasteiger partial charge is 0.0917 e. The number of hydrogen-bond donors (Lipinski definition) is 0. The lowest BCUT2D eigenvalue weighted by molar-refractivity contribution is 1.05. The van der Waals surface area contributed by atoms with Crippen molar-refractivity contribution in [2.75, 3.05) is 0 Å². The van der Waals surface area contributed by atoms with Crippen LogP contribution in [-0.4, -0.2) is 9.97 Å². The Balaban J connectivity index is 2.79. The molecule has 0 amide bonds. The van der Waals surface area contributed by atoms with Gasteiger partial charge in [-0.25, -0.2) is 0 Å². The molecule has 0 bridgehead atoms. The topological polar surface area (TPSA) is 25.8 Å². The van der Waals surface area contributed by atoms with Crippen LogP contribution in [0.1, 0.15) is 12.6 Å². The zero-order chi connectivity index (χ0) is 8.39. The molecule has 0 aliphatic heterocycles. The fourth-order valence-electron chi connectivity index (χ4n) is 1.32. The summed E-state index contributed by atoms with van der Waals surface area (Å²) in [7, 11) is 0. The third-order valence-electron chi connectivity index (χ3n) is 1.93. The highest BCUT2D eigenvalue weighted by molar-refractivity contribution is 5.79. The molecule has 0 unspecified atom stereocenters. The van der Waals surface area contributed by atoms with E-state index in [0.717, 1.165) is 17.6 Å². The van der Waals surface area contributed by atoms with Crippen LogP contribution >= 0.6 is 0 Å². The predicted octanol–water partition coefficient (Wildman–Crippen LogP) is 2.19. The second kappa shape index (κ2) is 2.89. The molecule has 0 atom stereocenters. The van der Waals surface area contributed by atoms with Gasteiger partial charge in [-0.05, 0) is 18.6 Å². The van der Waals surface area contributed by atoms with Crippen molar-refractivity contribution in [3.8, 4) is 0 Å². The Morgan fingerprint density at radius 1 is 1.17 bits per heavy atom. The molecule has 2 aromatic heterocycles. The second-order valence-corrected chi connectivity index (χ2v) is 2.69. The van der Waals surface area contributed by atoms with Crippen molar-refractivity contribution in [3.05, 3.63) is 36.3 Å². The van der Waals surface area contributed by atoms with Crippen LogP contribution in [0.15, 0.2) is 30.6 Å². The van der Waals surface area contributed by atoms with E-state index in [1.54, 1.807) is 0 Å². The summed E-state index contributed by atoms with van der Waals surface area (Å²) in [5.74, 6) is 0. The first kappa shape index (κ1) is 7.22. The molecule has 0 N–H and O–H groups in total. The molecule has 0 aromatic carbocycles. The fraction of sp³-hybridized carbons (Fsp3) is 0.200. The van der Waals surface area contributed by atoms with E-state index in [4.69, 9.17) is 0 Å². The lowest BCUT2D eigenvalue weighted by atomic mass is 10.2. The van der Waals surface area contributed by atoms with Gasteiger partial charge >= 0.3 is 0 Å². The van der Waals surface area contributed by atoms with Gasteiger partial charge in [-0.2, -0.15) is 0 Å². The highest BCUT2D eigenvalue weighted by atomic mass is 14.7. The Morgan fingerprint density at radius 3 is 2.92 bits per heavy atom. The SMILES string of the molecule is CCc1nccc2cccnc12. The molecule has 0 aliphatic carbocycles. The summed E-state index contributed by atoms with van der Waals surface area (Å²) in [5, 5.41) is 1.17. The number of rotatable bonds is 1. The Hall–Kier alpha value is -1.44. The largest absolute Gasteiger partial charge is 0.259 e. The third-order valence-corrected chi connectivity index (χ3v) is 1.93. The zero-order valence-electron chi connectivity index (χ0n) is 6.99. The van der Waals surface area contributed by atoms with Gasteiger partial charge in [0.15, 0.2) is 0 Å². The monoisotopic (exact) mass is 158 g/mol. The van der Waals surface area contributed by atoms with Crippen LogP contribution in [0.2, 0.25) is 0 Å². The van der Waals surface area contributed by atoms with Crippen molar-refractivity contribution in [1.82, 2.24) is 9.97 Å². The summed E-state index contributed by atoms with van der Waals surface area (Å²) in [6.07, 6.45) is 4.58. The number of nitrogens with zero attached hydrogens (tertiary/aromatic N) is 2. The quantitative estimate of drug-likeness (QED) is 0.635. The van der Waals surface area contributed by atoms with Gasteiger partial charge in [0.2, 0.25) is 0 Å². The average Bonchev–Trinajstić information content (AvgIpc) is 2.17. The van der Waals surface area contributed by atoms with Crippen molar-refractivity contribution < 1.29 is 0 Å². The van der Waals surface area contributed by atoms with E-state index < -0.39 is 0 Å². The molecule has 0 spiro atoms. The van der Waals surface area contributed by atoms with Gasteiger partial charge in [0.1, 0.15) is 0 Å². The number of hydrogen-bond acceptors (Lipinski definition) is 2. The Bertz CT molecular complexity index is 390. The first-order valence-corrected chi connectivity index (χ1v) is 4.10. The van der Waals surface area contributed by atoms with Gasteiger partial charge in [0, 0.05) is 17.8 Å². The Kier molecular flexibility index (Phi) is 1.74. The summed E-state index contributed by atoms with van der Waals surface area (Å²) in [4.78, 5) is 8.55. The first-order chi connectivity index (χ1) is 5.92. The molecule has 12 heavy (non-hydrogen) atoms. The number of aryl methyl sites for hydroxylation is 1. The number of pyridine rings is 2. The van der Waals surface area contributed by atoms with Gasteiger partial charge in [0.25, 0.3) is 0 Å². The first-order valence-electron chi connectivity index (χ1n) is 4.10. The summed E-state index contributed by atoms with van der Waals surface area (Å²) < 4.78 is 0. The summed E-state index contributed by atoms with van der Waals surface area (Å²) in [5.41, 5.74) is 2.11. The van der Waals surface area contributed by atoms with Gasteiger partial charge in [-0.3, -0.25) is 9.97 Å². The molecular weight excluding hydrogens is 148 g/mol. The minimum Gasteiger partial charge on any atom is -0.259 e. The second-order valence-electron chi connectivity index (χ2n) is 2.69. The van der Waals surface area contributed by atoms with Gasteiger partial charge in [0.05, 0.1) is 11.2 Å². The number of fused-ring (bicyclic) bond motifs is 1. The predicted molar refractivity (Wildman–Crippen MR) is 48.9 cm³/mol. The van der Waals surface area contributed by atoms with Crippen LogP contribution < -0.4 is 0 Å². The van der Waals surface area contributed by atoms with Crippen LogP contribution in [0.25, 0.3) is 10.9 Å². The van der Waals surface area contributed by atoms with Crippen molar-refractivity contribution in [2.24, 2.45) is 0 Å². The van der Waals surface area contributed by atoms with Crippen LogP contribution in [-0.2, 0) is 6.42 Å². The molecule has 2 heteroatoms. The summed E-state index contributed by atoms with van der Waals surface area (Å²) in [6.45, 7) is 2.09. The molecule has 0 saturated heterocycles. The highest BCUT2D eigenvalue weighted by Crippen LogP contribution is 2.13. The molecule has 0 fully saturated rings. The van der Waals surface area contributed by atoms with Gasteiger partial charge in [-0.1, -0.05) is 13.0 Å². The lowest BCUT2D eigenvalue weighted by Crippen LogP contribution is -1.89. The standard InChI is InChI=1S/C10H10N2/c1-2-9-10-8(5-7-11-9)4-3-6-12-10/h3-7H,2H2,1H3. The summed E-state index contributed by atoms with van der Waals surface area (Å²) in [6, 6.07) is 5.99. The molecule has 2 heterocycles. The molecule has 2 rings (SSSR count). The maximum Gasteiger partial charge on any atom is 0.0917 e. The fourth-order valence-corrected chi connectivity index (χ4v) is 1.32. The van der Waals surface area contributed by atoms with E-state index in [1.165, 1.54) is 5.39 Å². The Labute approximate surface area is 71.3 Å². The average molecular weight is 158 g/mol. The highest BCUT2D eigenvalue weighted by Gasteiger charge is 1.98. The molecule has 2 nitrogen and oxygen atoms in total. The van der Waals surface area contributed by atoms with E-state index in [0.29, 0.717) is 0 Å². The van der Waals surface area contributed by atoms with Crippen molar-refractivity contribution in [2.45, 2.75) is 13.3 Å². The van der Waals surface area contributed by atoms with Gasteiger partial charge in [-0.15, -0.1) is 0 Å². The van der Waals surface area contributed by atoms with E-state index in [9.17, 15) is 0 Å². The van der Waals surface area contributed by atoms with E-state index in [1.807, 2.05) is 24.5 Å². The van der Waals surface area contributed by atoms with E-state index in [-0.39, 0.29) is 0 Å². The maximum absolute atomic E-state index is 4.29. The van der Waals surface area contributed by atoms with Crippen LogP contribution in [0.5, 0.6) is 0 Å². The van der Waals surface area contributed by atoms with E-state index >= 15 is 0 Å². The molecule has 2 aromatic rings. The zero-order valence-corrected chi connectivity index (χ0v) is 6.99. The summed E-state index contributed by atoms with van der Waals surface area (Å²) >= 11 is 0. The minimum absolute atomic E-state index is 0.939. The van der Waals surface area contributed by atoms with E-state index in [2.05, 4.69) is 23.0 Å². The molecule has 60 valence electrons. The third kappa shape index (κ3) is 1.05. The normalized spacial score (nSPS) is 10.4. The van der Waals surface area contributed by atoms with Crippen molar-refractivity contribution in [3.63, 3.8) is 0 Å². The number of aromatic nitrogens is 2. The van der Waals surface area contributed by atoms with Gasteiger partial charge < -0.3 is 0 Å². The van der Waals surface area contributed by atoms with Crippen LogP contribution in [0, 0.1) is 0 Å². The molecule has 0 aliphatic rings. The van der Waals surface area contributed by atoms with Crippen LogP contribution in [0.3, 0.4) is 0 Å². The lowest BCUT2D eigenvalue weighted by Gasteiger charge is -1.99. The van der Waals surface area contributed by atoms with Crippen LogP contribution in [0.4, 0.5) is 0 Å². The molecule has 0 radical (unpaired) electrons. The van der Waals surface area contributed by atoms with Crippen molar-refractivity contribution >= 4 is 10.9 Å². The van der Waals surface area contributed by atoms with Crippen molar-refractivity contribution in [1.29, 1.82) is 0 Å².